The van der Waals surface area contributed by atoms with E-state index in [0.29, 0.717) is 21.8 Å². The molecule has 1 saturated heterocycles. The van der Waals surface area contributed by atoms with Gasteiger partial charge in [0.05, 0.1) is 0 Å². The van der Waals surface area contributed by atoms with E-state index in [1.165, 1.54) is 6.42 Å². The Hall–Kier alpha value is -0.930. The molecule has 1 atom stereocenters. The van der Waals surface area contributed by atoms with Gasteiger partial charge in [0.1, 0.15) is 5.75 Å². The van der Waals surface area contributed by atoms with Gasteiger partial charge in [0.25, 0.3) is 5.91 Å². The van der Waals surface area contributed by atoms with Gasteiger partial charge in [0, 0.05) is 22.6 Å². The van der Waals surface area contributed by atoms with Gasteiger partial charge in [-0.15, -0.1) is 0 Å². The number of carbonyl (C=O) groups excluding carboxylic acids is 1. The highest BCUT2D eigenvalue weighted by Gasteiger charge is 2.25. The van der Waals surface area contributed by atoms with E-state index < -0.39 is 0 Å². The first-order chi connectivity index (χ1) is 9.60. The fourth-order valence-electron chi connectivity index (χ4n) is 2.59. The van der Waals surface area contributed by atoms with Crippen molar-refractivity contribution in [3.8, 4) is 5.75 Å². The maximum absolute atomic E-state index is 12.2. The summed E-state index contributed by atoms with van der Waals surface area (Å²) in [6, 6.07) is 5.31. The minimum atomic E-state index is 0.0349. The second-order valence-electron chi connectivity index (χ2n) is 5.04. The Morgan fingerprint density at radius 3 is 2.65 bits per heavy atom. The molecule has 1 unspecified atom stereocenters. The molecule has 0 saturated carbocycles. The zero-order valence-electron chi connectivity index (χ0n) is 11.6. The Morgan fingerprint density at radius 1 is 1.30 bits per heavy atom. The van der Waals surface area contributed by atoms with Gasteiger partial charge in [-0.3, -0.25) is 4.79 Å². The molecule has 2 rings (SSSR count). The number of hydrogen-bond acceptors (Lipinski definition) is 2. The first kappa shape index (κ1) is 15.5. The highest BCUT2D eigenvalue weighted by Crippen LogP contribution is 2.25. The van der Waals surface area contributed by atoms with E-state index in [2.05, 4.69) is 6.92 Å². The molecule has 0 spiro atoms. The molecule has 0 aromatic heterocycles. The van der Waals surface area contributed by atoms with Crippen LogP contribution >= 0.6 is 23.2 Å². The molecule has 1 amide bonds. The highest BCUT2D eigenvalue weighted by molar-refractivity contribution is 6.34. The maximum atomic E-state index is 12.2. The Labute approximate surface area is 129 Å². The minimum Gasteiger partial charge on any atom is -0.484 e. The zero-order valence-corrected chi connectivity index (χ0v) is 13.1. The Balaban J connectivity index is 1.94. The van der Waals surface area contributed by atoms with Crippen LogP contribution in [0.2, 0.25) is 10.0 Å². The number of piperidine rings is 1. The van der Waals surface area contributed by atoms with E-state index >= 15 is 0 Å². The summed E-state index contributed by atoms with van der Waals surface area (Å²) in [5.74, 6) is 0.563. The highest BCUT2D eigenvalue weighted by atomic mass is 35.5. The number of benzene rings is 1. The number of carbonyl (C=O) groups is 1. The van der Waals surface area contributed by atoms with Crippen molar-refractivity contribution in [2.75, 3.05) is 13.2 Å². The van der Waals surface area contributed by atoms with Crippen molar-refractivity contribution in [2.24, 2.45) is 0 Å². The van der Waals surface area contributed by atoms with Crippen molar-refractivity contribution in [3.63, 3.8) is 0 Å². The van der Waals surface area contributed by atoms with Crippen LogP contribution in [-0.4, -0.2) is 30.0 Å². The molecule has 20 heavy (non-hydrogen) atoms. The van der Waals surface area contributed by atoms with E-state index in [4.69, 9.17) is 27.9 Å². The van der Waals surface area contributed by atoms with Crippen molar-refractivity contribution in [1.29, 1.82) is 0 Å². The standard InChI is InChI=1S/C15H19Cl2NO2/c1-2-13-5-3-4-6-18(13)15(19)10-20-14-8-11(16)7-12(17)9-14/h7-9,13H,2-6,10H2,1H3. The van der Waals surface area contributed by atoms with Crippen molar-refractivity contribution in [1.82, 2.24) is 4.90 Å². The van der Waals surface area contributed by atoms with Crippen molar-refractivity contribution < 1.29 is 9.53 Å². The lowest BCUT2D eigenvalue weighted by molar-refractivity contribution is -0.137. The average molecular weight is 316 g/mol. The van der Waals surface area contributed by atoms with E-state index in [-0.39, 0.29) is 12.5 Å². The normalized spacial score (nSPS) is 18.9. The monoisotopic (exact) mass is 315 g/mol. The first-order valence-electron chi connectivity index (χ1n) is 6.98. The average Bonchev–Trinajstić information content (AvgIpc) is 2.43. The smallest absolute Gasteiger partial charge is 0.260 e. The largest absolute Gasteiger partial charge is 0.484 e. The molecule has 1 aromatic rings. The van der Waals surface area contributed by atoms with Gasteiger partial charge in [-0.2, -0.15) is 0 Å². The summed E-state index contributed by atoms with van der Waals surface area (Å²) in [5.41, 5.74) is 0. The molecule has 1 fully saturated rings. The SMILES string of the molecule is CCC1CCCCN1C(=O)COc1cc(Cl)cc(Cl)c1. The third-order valence-corrected chi connectivity index (χ3v) is 4.05. The summed E-state index contributed by atoms with van der Waals surface area (Å²) >= 11 is 11.8. The second-order valence-corrected chi connectivity index (χ2v) is 5.91. The quantitative estimate of drug-likeness (QED) is 0.834. The summed E-state index contributed by atoms with van der Waals surface area (Å²) in [6.45, 7) is 2.98. The van der Waals surface area contributed by atoms with Crippen LogP contribution in [-0.2, 0) is 4.79 Å². The fraction of sp³-hybridized carbons (Fsp3) is 0.533. The van der Waals surface area contributed by atoms with Crippen molar-refractivity contribution >= 4 is 29.1 Å². The fourth-order valence-corrected chi connectivity index (χ4v) is 3.10. The number of rotatable bonds is 4. The lowest BCUT2D eigenvalue weighted by Gasteiger charge is -2.35. The number of likely N-dealkylation sites (tertiary alicyclic amines) is 1. The molecular weight excluding hydrogens is 297 g/mol. The van der Waals surface area contributed by atoms with E-state index in [0.717, 1.165) is 25.8 Å². The topological polar surface area (TPSA) is 29.5 Å². The molecule has 0 radical (unpaired) electrons. The summed E-state index contributed by atoms with van der Waals surface area (Å²) in [7, 11) is 0. The van der Waals surface area contributed by atoms with E-state index in [1.807, 2.05) is 4.90 Å². The molecule has 1 heterocycles. The summed E-state index contributed by atoms with van der Waals surface area (Å²) in [5, 5.41) is 1.01. The van der Waals surface area contributed by atoms with Gasteiger partial charge in [0.2, 0.25) is 0 Å². The van der Waals surface area contributed by atoms with E-state index in [1.54, 1.807) is 18.2 Å². The molecule has 3 nitrogen and oxygen atoms in total. The van der Waals surface area contributed by atoms with Crippen LogP contribution in [0, 0.1) is 0 Å². The number of nitrogens with zero attached hydrogens (tertiary/aromatic N) is 1. The van der Waals surface area contributed by atoms with Crippen LogP contribution in [0.5, 0.6) is 5.75 Å². The predicted molar refractivity (Wildman–Crippen MR) is 81.6 cm³/mol. The van der Waals surface area contributed by atoms with Gasteiger partial charge >= 0.3 is 0 Å². The van der Waals surface area contributed by atoms with Crippen LogP contribution in [0.4, 0.5) is 0 Å². The lowest BCUT2D eigenvalue weighted by atomic mass is 10.00. The van der Waals surface area contributed by atoms with E-state index in [9.17, 15) is 4.79 Å². The molecule has 0 bridgehead atoms. The molecule has 0 N–H and O–H groups in total. The third kappa shape index (κ3) is 4.03. The molecule has 110 valence electrons. The van der Waals surface area contributed by atoms with Gasteiger partial charge in [-0.1, -0.05) is 30.1 Å². The van der Waals surface area contributed by atoms with Crippen molar-refractivity contribution in [2.45, 2.75) is 38.6 Å². The first-order valence-corrected chi connectivity index (χ1v) is 7.74. The van der Waals surface area contributed by atoms with Crippen LogP contribution in [0.15, 0.2) is 18.2 Å². The molecule has 1 aliphatic heterocycles. The summed E-state index contributed by atoms with van der Waals surface area (Å²) < 4.78 is 5.52. The number of ether oxygens (including phenoxy) is 1. The van der Waals surface area contributed by atoms with Crippen molar-refractivity contribution in [3.05, 3.63) is 28.2 Å². The summed E-state index contributed by atoms with van der Waals surface area (Å²) in [4.78, 5) is 14.2. The molecule has 5 heteroatoms. The number of amides is 1. The lowest BCUT2D eigenvalue weighted by Crippen LogP contribution is -2.45. The summed E-state index contributed by atoms with van der Waals surface area (Å²) in [6.07, 6.45) is 4.36. The Bertz CT molecular complexity index is 459. The Morgan fingerprint density at radius 2 is 2.00 bits per heavy atom. The van der Waals surface area contributed by atoms with Crippen LogP contribution in [0.3, 0.4) is 0 Å². The van der Waals surface area contributed by atoms with Gasteiger partial charge in [-0.25, -0.2) is 0 Å². The van der Waals surface area contributed by atoms with Crippen LogP contribution in [0.1, 0.15) is 32.6 Å². The molecule has 1 aliphatic rings. The third-order valence-electron chi connectivity index (χ3n) is 3.62. The number of hydrogen-bond donors (Lipinski definition) is 0. The Kier molecular flexibility index (Phi) is 5.55. The predicted octanol–water partition coefficient (Wildman–Crippen LogP) is 4.16. The maximum Gasteiger partial charge on any atom is 0.260 e. The van der Waals surface area contributed by atoms with Gasteiger partial charge in [-0.05, 0) is 43.9 Å². The van der Waals surface area contributed by atoms with Crippen LogP contribution < -0.4 is 4.74 Å². The molecular formula is C15H19Cl2NO2. The van der Waals surface area contributed by atoms with Gasteiger partial charge in [0.15, 0.2) is 6.61 Å². The number of halogens is 2. The minimum absolute atomic E-state index is 0.0349. The molecule has 0 aliphatic carbocycles. The zero-order chi connectivity index (χ0) is 14.5. The molecule has 1 aromatic carbocycles. The van der Waals surface area contributed by atoms with Gasteiger partial charge < -0.3 is 9.64 Å². The van der Waals surface area contributed by atoms with Crippen LogP contribution in [0.25, 0.3) is 0 Å². The second kappa shape index (κ2) is 7.19.